The van der Waals surface area contributed by atoms with Gasteiger partial charge in [-0.2, -0.15) is 0 Å². The Morgan fingerprint density at radius 1 is 1.00 bits per heavy atom. The van der Waals surface area contributed by atoms with Crippen molar-refractivity contribution in [3.8, 4) is 17.2 Å². The molecule has 0 aliphatic rings. The lowest BCUT2D eigenvalue weighted by Gasteiger charge is -2.12. The molecule has 7 heteroatoms. The molecule has 0 unspecified atom stereocenters. The number of ether oxygens (including phenoxy) is 3. The maximum atomic E-state index is 12.6. The summed E-state index contributed by atoms with van der Waals surface area (Å²) in [6.07, 6.45) is -0.128. The molecule has 2 aromatic carbocycles. The van der Waals surface area contributed by atoms with E-state index < -0.39 is 5.63 Å². The summed E-state index contributed by atoms with van der Waals surface area (Å²) in [5.74, 6) is 1.29. The Morgan fingerprint density at radius 3 is 2.36 bits per heavy atom. The molecule has 28 heavy (non-hydrogen) atoms. The molecule has 0 saturated heterocycles. The SMILES string of the molecule is COc1ccc(OC)c(NC(=O)Cc2c(C)c3ccc(OC)cc3oc2=O)c1. The first-order valence-electron chi connectivity index (χ1n) is 8.59. The first-order valence-corrected chi connectivity index (χ1v) is 8.59. The van der Waals surface area contributed by atoms with Crippen molar-refractivity contribution in [2.75, 3.05) is 26.6 Å². The average molecular weight is 383 g/mol. The van der Waals surface area contributed by atoms with E-state index in [4.69, 9.17) is 18.6 Å². The minimum Gasteiger partial charge on any atom is -0.497 e. The number of rotatable bonds is 6. The van der Waals surface area contributed by atoms with Crippen LogP contribution < -0.4 is 25.2 Å². The normalized spacial score (nSPS) is 10.6. The number of carbonyl (C=O) groups excluding carboxylic acids is 1. The Kier molecular flexibility index (Phi) is 5.54. The molecule has 1 heterocycles. The van der Waals surface area contributed by atoms with Crippen LogP contribution in [0.3, 0.4) is 0 Å². The number of anilines is 1. The number of aryl methyl sites for hydroxylation is 1. The monoisotopic (exact) mass is 383 g/mol. The van der Waals surface area contributed by atoms with Crippen molar-refractivity contribution in [1.82, 2.24) is 0 Å². The van der Waals surface area contributed by atoms with Crippen LogP contribution in [-0.2, 0) is 11.2 Å². The molecule has 0 fully saturated rings. The summed E-state index contributed by atoms with van der Waals surface area (Å²) in [5, 5.41) is 3.51. The molecule has 0 spiro atoms. The van der Waals surface area contributed by atoms with Crippen LogP contribution >= 0.6 is 0 Å². The zero-order valence-corrected chi connectivity index (χ0v) is 16.1. The zero-order valence-electron chi connectivity index (χ0n) is 16.1. The molecule has 0 radical (unpaired) electrons. The summed E-state index contributed by atoms with van der Waals surface area (Å²) in [7, 11) is 4.58. The van der Waals surface area contributed by atoms with Crippen LogP contribution in [0.2, 0.25) is 0 Å². The largest absolute Gasteiger partial charge is 0.497 e. The maximum Gasteiger partial charge on any atom is 0.340 e. The van der Waals surface area contributed by atoms with Crippen molar-refractivity contribution in [2.45, 2.75) is 13.3 Å². The molecule has 0 aliphatic carbocycles. The van der Waals surface area contributed by atoms with E-state index in [1.165, 1.54) is 21.3 Å². The topological polar surface area (TPSA) is 87.0 Å². The highest BCUT2D eigenvalue weighted by atomic mass is 16.5. The van der Waals surface area contributed by atoms with Gasteiger partial charge in [0.15, 0.2) is 0 Å². The number of amides is 1. The van der Waals surface area contributed by atoms with Gasteiger partial charge in [0.1, 0.15) is 22.8 Å². The lowest BCUT2D eigenvalue weighted by Crippen LogP contribution is -2.21. The van der Waals surface area contributed by atoms with Gasteiger partial charge in [0.2, 0.25) is 5.91 Å². The van der Waals surface area contributed by atoms with E-state index >= 15 is 0 Å². The van der Waals surface area contributed by atoms with Gasteiger partial charge < -0.3 is 23.9 Å². The van der Waals surface area contributed by atoms with Crippen molar-refractivity contribution >= 4 is 22.6 Å². The third kappa shape index (κ3) is 3.78. The minimum atomic E-state index is -0.550. The van der Waals surface area contributed by atoms with E-state index in [0.717, 1.165) is 5.39 Å². The van der Waals surface area contributed by atoms with Crippen molar-refractivity contribution in [3.63, 3.8) is 0 Å². The van der Waals surface area contributed by atoms with Gasteiger partial charge in [-0.05, 0) is 36.8 Å². The lowest BCUT2D eigenvalue weighted by atomic mass is 10.0. The van der Waals surface area contributed by atoms with E-state index in [-0.39, 0.29) is 12.3 Å². The fraction of sp³-hybridized carbons (Fsp3) is 0.238. The highest BCUT2D eigenvalue weighted by Crippen LogP contribution is 2.29. The highest BCUT2D eigenvalue weighted by Gasteiger charge is 2.17. The molecule has 0 atom stereocenters. The predicted octanol–water partition coefficient (Wildman–Crippen LogP) is 3.31. The van der Waals surface area contributed by atoms with Crippen LogP contribution in [0, 0.1) is 6.92 Å². The van der Waals surface area contributed by atoms with Gasteiger partial charge >= 0.3 is 5.63 Å². The molecular formula is C21H21NO6. The number of methoxy groups -OCH3 is 3. The fourth-order valence-electron chi connectivity index (χ4n) is 2.97. The second kappa shape index (κ2) is 8.04. The summed E-state index contributed by atoms with van der Waals surface area (Å²) < 4.78 is 21.0. The van der Waals surface area contributed by atoms with E-state index in [2.05, 4.69) is 5.32 Å². The number of nitrogens with one attached hydrogen (secondary N) is 1. The molecular weight excluding hydrogens is 362 g/mol. The third-order valence-electron chi connectivity index (χ3n) is 4.51. The predicted molar refractivity (Wildman–Crippen MR) is 106 cm³/mol. The van der Waals surface area contributed by atoms with Gasteiger partial charge in [0.25, 0.3) is 0 Å². The second-order valence-electron chi connectivity index (χ2n) is 6.15. The van der Waals surface area contributed by atoms with Crippen molar-refractivity contribution < 1.29 is 23.4 Å². The number of fused-ring (bicyclic) bond motifs is 1. The van der Waals surface area contributed by atoms with Crippen LogP contribution in [0.25, 0.3) is 11.0 Å². The average Bonchev–Trinajstić information content (AvgIpc) is 2.70. The second-order valence-corrected chi connectivity index (χ2v) is 6.15. The first-order chi connectivity index (χ1) is 13.5. The van der Waals surface area contributed by atoms with Crippen LogP contribution in [0.15, 0.2) is 45.6 Å². The van der Waals surface area contributed by atoms with E-state index in [1.807, 2.05) is 0 Å². The van der Waals surface area contributed by atoms with Gasteiger partial charge in [0.05, 0.1) is 39.0 Å². The first kappa shape index (κ1) is 19.3. The van der Waals surface area contributed by atoms with Crippen LogP contribution in [-0.4, -0.2) is 27.2 Å². The summed E-state index contributed by atoms with van der Waals surface area (Å²) in [5.41, 5.74) is 1.32. The number of hydrogen-bond acceptors (Lipinski definition) is 6. The van der Waals surface area contributed by atoms with E-state index in [1.54, 1.807) is 43.3 Å². The fourth-order valence-corrected chi connectivity index (χ4v) is 2.97. The van der Waals surface area contributed by atoms with Gasteiger partial charge in [-0.1, -0.05) is 0 Å². The molecule has 0 bridgehead atoms. The molecule has 0 aliphatic heterocycles. The molecule has 7 nitrogen and oxygen atoms in total. The van der Waals surface area contributed by atoms with Crippen molar-refractivity contribution in [1.29, 1.82) is 0 Å². The number of benzene rings is 2. The molecule has 0 saturated carbocycles. The summed E-state index contributed by atoms with van der Waals surface area (Å²) in [6.45, 7) is 1.79. The molecule has 3 aromatic rings. The maximum absolute atomic E-state index is 12.6. The summed E-state index contributed by atoms with van der Waals surface area (Å²) in [4.78, 5) is 25.0. The summed E-state index contributed by atoms with van der Waals surface area (Å²) >= 11 is 0. The van der Waals surface area contributed by atoms with Crippen LogP contribution in [0.1, 0.15) is 11.1 Å². The number of carbonyl (C=O) groups is 1. The smallest absolute Gasteiger partial charge is 0.340 e. The van der Waals surface area contributed by atoms with E-state index in [9.17, 15) is 9.59 Å². The third-order valence-corrected chi connectivity index (χ3v) is 4.51. The van der Waals surface area contributed by atoms with E-state index in [0.29, 0.717) is 39.6 Å². The molecule has 1 amide bonds. The minimum absolute atomic E-state index is 0.128. The van der Waals surface area contributed by atoms with Crippen LogP contribution in [0.4, 0.5) is 5.69 Å². The van der Waals surface area contributed by atoms with Crippen molar-refractivity contribution in [2.24, 2.45) is 0 Å². The zero-order chi connectivity index (χ0) is 20.3. The Balaban J connectivity index is 1.90. The summed E-state index contributed by atoms with van der Waals surface area (Å²) in [6, 6.07) is 10.3. The Bertz CT molecular complexity index is 1090. The van der Waals surface area contributed by atoms with Gasteiger partial charge in [0, 0.05) is 17.5 Å². The molecule has 1 aromatic heterocycles. The molecule has 3 rings (SSSR count). The standard InChI is InChI=1S/C21H21NO6/c1-12-15-7-5-14(26-3)10-19(15)28-21(24)16(12)11-20(23)22-17-9-13(25-2)6-8-18(17)27-4/h5-10H,11H2,1-4H3,(H,22,23). The Labute approximate surface area is 161 Å². The van der Waals surface area contributed by atoms with Gasteiger partial charge in [-0.15, -0.1) is 0 Å². The Morgan fingerprint density at radius 2 is 1.68 bits per heavy atom. The van der Waals surface area contributed by atoms with Crippen molar-refractivity contribution in [3.05, 3.63) is 57.9 Å². The van der Waals surface area contributed by atoms with Gasteiger partial charge in [-0.3, -0.25) is 4.79 Å². The highest BCUT2D eigenvalue weighted by molar-refractivity contribution is 5.95. The molecule has 1 N–H and O–H groups in total. The molecule has 146 valence electrons. The quantitative estimate of drug-likeness (QED) is 0.657. The lowest BCUT2D eigenvalue weighted by molar-refractivity contribution is -0.115. The van der Waals surface area contributed by atoms with Crippen LogP contribution in [0.5, 0.6) is 17.2 Å². The number of hydrogen-bond donors (Lipinski definition) is 1. The Hall–Kier alpha value is -3.48. The van der Waals surface area contributed by atoms with Gasteiger partial charge in [-0.25, -0.2) is 4.79 Å².